The third-order valence-electron chi connectivity index (χ3n) is 5.66. The molecule has 2 aromatic carbocycles. The Kier molecular flexibility index (Phi) is 5.26. The Morgan fingerprint density at radius 2 is 1.88 bits per heavy atom. The van der Waals surface area contributed by atoms with Crippen LogP contribution in [0.4, 0.5) is 5.82 Å². The van der Waals surface area contributed by atoms with Crippen LogP contribution in [0.1, 0.15) is 42.1 Å². The number of para-hydroxylation sites is 2. The Hall–Kier alpha value is -3.81. The van der Waals surface area contributed by atoms with Crippen LogP contribution in [0.2, 0.25) is 0 Å². The summed E-state index contributed by atoms with van der Waals surface area (Å²) in [6.45, 7) is 3.37. The van der Waals surface area contributed by atoms with Crippen LogP contribution in [0, 0.1) is 0 Å². The molecule has 1 amide bonds. The molecule has 32 heavy (non-hydrogen) atoms. The van der Waals surface area contributed by atoms with Gasteiger partial charge < -0.3 is 25.1 Å². The number of carbonyl (C=O) groups excluding carboxylic acids is 1. The molecule has 8 heteroatoms. The van der Waals surface area contributed by atoms with Crippen molar-refractivity contribution in [2.45, 2.75) is 32.7 Å². The van der Waals surface area contributed by atoms with Crippen molar-refractivity contribution in [3.63, 3.8) is 0 Å². The molecule has 1 aliphatic rings. The molecule has 0 aliphatic carbocycles. The molecule has 0 atom stereocenters. The van der Waals surface area contributed by atoms with Crippen LogP contribution in [0.3, 0.4) is 0 Å². The number of amides is 1. The summed E-state index contributed by atoms with van der Waals surface area (Å²) in [5.41, 5.74) is 10.4. The number of benzene rings is 2. The van der Waals surface area contributed by atoms with Gasteiger partial charge in [0.2, 0.25) is 6.79 Å². The number of aromatic nitrogens is 3. The van der Waals surface area contributed by atoms with Gasteiger partial charge >= 0.3 is 0 Å². The highest BCUT2D eigenvalue weighted by molar-refractivity contribution is 6.10. The average molecular weight is 431 g/mol. The minimum absolute atomic E-state index is 0.215. The first-order valence-corrected chi connectivity index (χ1v) is 10.9. The summed E-state index contributed by atoms with van der Waals surface area (Å²) in [4.78, 5) is 22.6. The molecule has 8 nitrogen and oxygen atoms in total. The van der Waals surface area contributed by atoms with Gasteiger partial charge in [-0.2, -0.15) is 0 Å². The SMILES string of the molecule is CCCCCNC(=O)c1c(N)n(Cc2ccc3c(c2)OCO3)c2nc3ccccc3nc12. The van der Waals surface area contributed by atoms with Gasteiger partial charge in [0.05, 0.1) is 17.6 Å². The van der Waals surface area contributed by atoms with E-state index in [1.165, 1.54) is 0 Å². The van der Waals surface area contributed by atoms with E-state index in [2.05, 4.69) is 12.2 Å². The molecule has 2 aromatic heterocycles. The predicted molar refractivity (Wildman–Crippen MR) is 123 cm³/mol. The van der Waals surface area contributed by atoms with Gasteiger partial charge in [-0.1, -0.05) is 38.0 Å². The average Bonchev–Trinajstić information content (AvgIpc) is 3.37. The molecule has 0 bridgehead atoms. The number of nitrogens with two attached hydrogens (primary N) is 1. The lowest BCUT2D eigenvalue weighted by atomic mass is 10.2. The van der Waals surface area contributed by atoms with Gasteiger partial charge in [-0.05, 0) is 36.2 Å². The highest BCUT2D eigenvalue weighted by Crippen LogP contribution is 2.34. The Balaban J connectivity index is 1.59. The number of nitrogens with zero attached hydrogens (tertiary/aromatic N) is 3. The van der Waals surface area contributed by atoms with E-state index in [9.17, 15) is 4.79 Å². The minimum Gasteiger partial charge on any atom is -0.454 e. The second kappa shape index (κ2) is 8.37. The molecular weight excluding hydrogens is 406 g/mol. The maximum Gasteiger partial charge on any atom is 0.257 e. The Morgan fingerprint density at radius 1 is 1.09 bits per heavy atom. The first-order valence-electron chi connectivity index (χ1n) is 10.9. The van der Waals surface area contributed by atoms with Crippen LogP contribution >= 0.6 is 0 Å². The van der Waals surface area contributed by atoms with Crippen LogP contribution in [0.25, 0.3) is 22.2 Å². The molecule has 0 saturated heterocycles. The van der Waals surface area contributed by atoms with Gasteiger partial charge in [0.1, 0.15) is 16.9 Å². The van der Waals surface area contributed by atoms with Crippen molar-refractivity contribution >= 4 is 33.9 Å². The fourth-order valence-electron chi connectivity index (χ4n) is 3.99. The number of fused-ring (bicyclic) bond motifs is 3. The first kappa shape index (κ1) is 20.1. The van der Waals surface area contributed by atoms with Gasteiger partial charge in [0, 0.05) is 6.54 Å². The minimum atomic E-state index is -0.224. The van der Waals surface area contributed by atoms with Crippen molar-refractivity contribution in [2.24, 2.45) is 0 Å². The number of hydrogen-bond acceptors (Lipinski definition) is 6. The fourth-order valence-corrected chi connectivity index (χ4v) is 3.99. The van der Waals surface area contributed by atoms with Crippen LogP contribution in [-0.2, 0) is 6.54 Å². The first-order chi connectivity index (χ1) is 15.7. The lowest BCUT2D eigenvalue weighted by Crippen LogP contribution is -2.25. The number of ether oxygens (including phenoxy) is 2. The summed E-state index contributed by atoms with van der Waals surface area (Å²) in [6.07, 6.45) is 3.07. The van der Waals surface area contributed by atoms with Gasteiger partial charge in [0.25, 0.3) is 5.91 Å². The van der Waals surface area contributed by atoms with E-state index in [1.54, 1.807) is 0 Å². The predicted octanol–water partition coefficient (Wildman–Crippen LogP) is 3.86. The van der Waals surface area contributed by atoms with Crippen molar-refractivity contribution in [3.8, 4) is 11.5 Å². The van der Waals surface area contributed by atoms with Gasteiger partial charge in [-0.15, -0.1) is 0 Å². The van der Waals surface area contributed by atoms with Gasteiger partial charge in [-0.3, -0.25) is 4.79 Å². The highest BCUT2D eigenvalue weighted by Gasteiger charge is 2.24. The molecule has 4 aromatic rings. The van der Waals surface area contributed by atoms with E-state index >= 15 is 0 Å². The summed E-state index contributed by atoms with van der Waals surface area (Å²) in [6, 6.07) is 13.4. The zero-order valence-electron chi connectivity index (χ0n) is 17.9. The maximum absolute atomic E-state index is 13.1. The second-order valence-electron chi connectivity index (χ2n) is 7.88. The molecule has 164 valence electrons. The number of anilines is 1. The van der Waals surface area contributed by atoms with Crippen molar-refractivity contribution in [2.75, 3.05) is 19.1 Å². The normalized spacial score (nSPS) is 12.5. The largest absolute Gasteiger partial charge is 0.454 e. The van der Waals surface area contributed by atoms with Crippen molar-refractivity contribution < 1.29 is 14.3 Å². The van der Waals surface area contributed by atoms with E-state index in [0.29, 0.717) is 41.4 Å². The zero-order chi connectivity index (χ0) is 22.1. The number of rotatable bonds is 7. The smallest absolute Gasteiger partial charge is 0.257 e. The van der Waals surface area contributed by atoms with Crippen molar-refractivity contribution in [3.05, 3.63) is 53.6 Å². The summed E-state index contributed by atoms with van der Waals surface area (Å²) < 4.78 is 12.8. The molecule has 3 N–H and O–H groups in total. The van der Waals surface area contributed by atoms with Crippen LogP contribution < -0.4 is 20.5 Å². The summed E-state index contributed by atoms with van der Waals surface area (Å²) >= 11 is 0. The van der Waals surface area contributed by atoms with Crippen LogP contribution in [0.5, 0.6) is 11.5 Å². The monoisotopic (exact) mass is 431 g/mol. The van der Waals surface area contributed by atoms with Crippen molar-refractivity contribution in [1.29, 1.82) is 0 Å². The number of nitrogen functional groups attached to an aromatic ring is 1. The van der Waals surface area contributed by atoms with Crippen molar-refractivity contribution in [1.82, 2.24) is 19.9 Å². The highest BCUT2D eigenvalue weighted by atomic mass is 16.7. The molecule has 3 heterocycles. The van der Waals surface area contributed by atoms with Gasteiger partial charge in [-0.25, -0.2) is 9.97 Å². The summed E-state index contributed by atoms with van der Waals surface area (Å²) in [5.74, 6) is 1.54. The van der Waals surface area contributed by atoms with E-state index in [4.69, 9.17) is 25.2 Å². The van der Waals surface area contributed by atoms with Crippen LogP contribution in [-0.4, -0.2) is 33.8 Å². The summed E-state index contributed by atoms with van der Waals surface area (Å²) in [7, 11) is 0. The quantitative estimate of drug-likeness (QED) is 0.431. The van der Waals surface area contributed by atoms with E-state index in [1.807, 2.05) is 47.0 Å². The number of carbonyl (C=O) groups is 1. The molecule has 0 radical (unpaired) electrons. The van der Waals surface area contributed by atoms with E-state index in [-0.39, 0.29) is 12.7 Å². The zero-order valence-corrected chi connectivity index (χ0v) is 17.9. The Bertz CT molecular complexity index is 1310. The Morgan fingerprint density at radius 3 is 2.69 bits per heavy atom. The second-order valence-corrected chi connectivity index (χ2v) is 7.88. The maximum atomic E-state index is 13.1. The molecule has 0 saturated carbocycles. The summed E-state index contributed by atoms with van der Waals surface area (Å²) in [5, 5.41) is 2.99. The number of hydrogen-bond donors (Lipinski definition) is 2. The molecule has 0 fully saturated rings. The molecular formula is C24H25N5O3. The number of unbranched alkanes of at least 4 members (excludes halogenated alkanes) is 2. The third-order valence-corrected chi connectivity index (χ3v) is 5.66. The molecule has 0 unspecified atom stereocenters. The molecule has 1 aliphatic heterocycles. The number of nitrogens with one attached hydrogen (secondary N) is 1. The molecule has 0 spiro atoms. The fraction of sp³-hybridized carbons (Fsp3) is 0.292. The van der Waals surface area contributed by atoms with Crippen LogP contribution in [0.15, 0.2) is 42.5 Å². The molecule has 5 rings (SSSR count). The standard InChI is InChI=1S/C24H25N5O3/c1-2-3-6-11-26-24(30)20-21-23(28-17-8-5-4-7-16(17)27-21)29(22(20)25)13-15-9-10-18-19(12-15)32-14-31-18/h4-5,7-10,12H,2-3,6,11,13-14,25H2,1H3,(H,26,30). The lowest BCUT2D eigenvalue weighted by Gasteiger charge is -2.09. The topological polar surface area (TPSA) is 104 Å². The van der Waals surface area contributed by atoms with E-state index < -0.39 is 0 Å². The third kappa shape index (κ3) is 3.57. The van der Waals surface area contributed by atoms with E-state index in [0.717, 1.165) is 41.6 Å². The van der Waals surface area contributed by atoms with Gasteiger partial charge in [0.15, 0.2) is 17.1 Å². The Labute approximate surface area is 185 Å². The lowest BCUT2D eigenvalue weighted by molar-refractivity contribution is 0.0955.